The fraction of sp³-hybridized carbons (Fsp3) is 0.318. The zero-order chi connectivity index (χ0) is 18.6. The van der Waals surface area contributed by atoms with Crippen LogP contribution in [0.25, 0.3) is 11.1 Å². The van der Waals surface area contributed by atoms with E-state index in [1.807, 2.05) is 64.4 Å². The van der Waals surface area contributed by atoms with E-state index in [-0.39, 0.29) is 11.9 Å². The van der Waals surface area contributed by atoms with Crippen LogP contribution < -0.4 is 0 Å². The zero-order valence-electron chi connectivity index (χ0n) is 15.6. The number of aromatic nitrogens is 3. The van der Waals surface area contributed by atoms with Crippen molar-refractivity contribution < 1.29 is 4.79 Å². The van der Waals surface area contributed by atoms with E-state index in [0.29, 0.717) is 0 Å². The van der Waals surface area contributed by atoms with E-state index in [9.17, 15) is 4.79 Å². The first-order chi connectivity index (χ1) is 13.3. The van der Waals surface area contributed by atoms with Crippen LogP contribution in [0.15, 0.2) is 61.1 Å². The number of hydrogen-bond donors (Lipinski definition) is 0. The van der Waals surface area contributed by atoms with Crippen LogP contribution in [0.4, 0.5) is 0 Å². The highest BCUT2D eigenvalue weighted by atomic mass is 16.2. The average Bonchev–Trinajstić information content (AvgIpc) is 3.23. The molecule has 0 saturated carbocycles. The molecule has 5 nitrogen and oxygen atoms in total. The number of hydrogen-bond acceptors (Lipinski definition) is 3. The number of piperidine rings is 1. The number of carbonyl (C=O) groups is 1. The maximum atomic E-state index is 13.2. The quantitative estimate of drug-likeness (QED) is 0.696. The molecule has 4 rings (SSSR count). The molecule has 1 aliphatic rings. The van der Waals surface area contributed by atoms with E-state index < -0.39 is 0 Å². The van der Waals surface area contributed by atoms with Crippen molar-refractivity contribution in [2.75, 3.05) is 6.54 Å². The van der Waals surface area contributed by atoms with Crippen molar-refractivity contribution in [1.29, 1.82) is 0 Å². The lowest BCUT2D eigenvalue weighted by Crippen LogP contribution is -2.38. The molecule has 1 atom stereocenters. The monoisotopic (exact) mass is 360 g/mol. The summed E-state index contributed by atoms with van der Waals surface area (Å²) < 4.78 is 1.90. The molecular weight excluding hydrogens is 336 g/mol. The number of nitrogens with zero attached hydrogens (tertiary/aromatic N) is 4. The summed E-state index contributed by atoms with van der Waals surface area (Å²) in [4.78, 5) is 19.6. The second-order valence-corrected chi connectivity index (χ2v) is 6.93. The van der Waals surface area contributed by atoms with Gasteiger partial charge < -0.3 is 4.90 Å². The first kappa shape index (κ1) is 17.5. The van der Waals surface area contributed by atoms with Crippen molar-refractivity contribution >= 4 is 5.91 Å². The number of pyridine rings is 1. The minimum atomic E-state index is 0.0647. The van der Waals surface area contributed by atoms with Crippen LogP contribution in [-0.4, -0.2) is 32.1 Å². The third kappa shape index (κ3) is 3.63. The number of likely N-dealkylation sites (tertiary alicyclic amines) is 1. The summed E-state index contributed by atoms with van der Waals surface area (Å²) >= 11 is 0. The summed E-state index contributed by atoms with van der Waals surface area (Å²) in [6.07, 6.45) is 8.84. The van der Waals surface area contributed by atoms with E-state index >= 15 is 0 Å². The summed E-state index contributed by atoms with van der Waals surface area (Å²) in [5.41, 5.74) is 3.85. The first-order valence-corrected chi connectivity index (χ1v) is 9.61. The van der Waals surface area contributed by atoms with Crippen molar-refractivity contribution in [3.63, 3.8) is 0 Å². The van der Waals surface area contributed by atoms with Gasteiger partial charge in [-0.2, -0.15) is 5.10 Å². The molecule has 5 heteroatoms. The Morgan fingerprint density at radius 2 is 1.96 bits per heavy atom. The van der Waals surface area contributed by atoms with E-state index in [0.717, 1.165) is 54.7 Å². The molecule has 1 unspecified atom stereocenters. The molecule has 1 saturated heterocycles. The van der Waals surface area contributed by atoms with Crippen molar-refractivity contribution in [2.24, 2.45) is 0 Å². The first-order valence-electron chi connectivity index (χ1n) is 9.61. The topological polar surface area (TPSA) is 51.0 Å². The fourth-order valence-electron chi connectivity index (χ4n) is 3.71. The highest BCUT2D eigenvalue weighted by molar-refractivity contribution is 5.95. The Morgan fingerprint density at radius 1 is 1.11 bits per heavy atom. The average molecular weight is 360 g/mol. The molecule has 1 amide bonds. The highest BCUT2D eigenvalue weighted by Crippen LogP contribution is 2.31. The lowest BCUT2D eigenvalue weighted by molar-refractivity contribution is 0.0606. The van der Waals surface area contributed by atoms with E-state index in [2.05, 4.69) is 17.0 Å². The van der Waals surface area contributed by atoms with Gasteiger partial charge in [0.05, 0.1) is 17.9 Å². The normalized spacial score (nSPS) is 17.1. The van der Waals surface area contributed by atoms with E-state index in [1.54, 1.807) is 6.20 Å². The predicted molar refractivity (Wildman–Crippen MR) is 105 cm³/mol. The summed E-state index contributed by atoms with van der Waals surface area (Å²) in [6, 6.07) is 13.8. The Labute approximate surface area is 159 Å². The third-order valence-electron chi connectivity index (χ3n) is 5.22. The molecule has 1 fully saturated rings. The van der Waals surface area contributed by atoms with Crippen molar-refractivity contribution in [2.45, 2.75) is 38.8 Å². The smallest absolute Gasteiger partial charge is 0.254 e. The van der Waals surface area contributed by atoms with Crippen LogP contribution in [0, 0.1) is 0 Å². The summed E-state index contributed by atoms with van der Waals surface area (Å²) in [6.45, 7) is 3.70. The number of rotatable bonds is 4. The standard InChI is InChI=1S/C22H24N4O/c1-2-25-16-19(15-24-25)17-9-11-18(12-10-17)22(27)26-14-6-4-8-21(26)20-7-3-5-13-23-20/h3,5,7,9-13,15-16,21H,2,4,6,8,14H2,1H3. The molecule has 2 aromatic heterocycles. The van der Waals surface area contributed by atoms with Gasteiger partial charge in [0.1, 0.15) is 0 Å². The molecule has 0 N–H and O–H groups in total. The van der Waals surface area contributed by atoms with Crippen LogP contribution >= 0.6 is 0 Å². The molecule has 3 aromatic rings. The number of amides is 1. The van der Waals surface area contributed by atoms with Gasteiger partial charge >= 0.3 is 0 Å². The van der Waals surface area contributed by atoms with Gasteiger partial charge in [-0.15, -0.1) is 0 Å². The second-order valence-electron chi connectivity index (χ2n) is 6.93. The van der Waals surface area contributed by atoms with Gasteiger partial charge in [-0.1, -0.05) is 18.2 Å². The van der Waals surface area contributed by atoms with Crippen LogP contribution in [0.1, 0.15) is 48.3 Å². The zero-order valence-corrected chi connectivity index (χ0v) is 15.6. The van der Waals surface area contributed by atoms with Gasteiger partial charge in [0.25, 0.3) is 5.91 Å². The molecule has 1 aliphatic heterocycles. The van der Waals surface area contributed by atoms with Crippen LogP contribution in [0.3, 0.4) is 0 Å². The SMILES string of the molecule is CCn1cc(-c2ccc(C(=O)N3CCCCC3c3ccccn3)cc2)cn1. The van der Waals surface area contributed by atoms with Crippen molar-refractivity contribution in [3.05, 3.63) is 72.3 Å². The Kier molecular flexibility index (Phi) is 5.01. The highest BCUT2D eigenvalue weighted by Gasteiger charge is 2.29. The largest absolute Gasteiger partial charge is 0.330 e. The van der Waals surface area contributed by atoms with Gasteiger partial charge in [0.2, 0.25) is 0 Å². The van der Waals surface area contributed by atoms with Gasteiger partial charge in [0, 0.05) is 36.6 Å². The van der Waals surface area contributed by atoms with Gasteiger partial charge in [-0.25, -0.2) is 0 Å². The Balaban J connectivity index is 1.56. The molecule has 0 aliphatic carbocycles. The third-order valence-corrected chi connectivity index (χ3v) is 5.22. The van der Waals surface area contributed by atoms with Crippen LogP contribution in [0.2, 0.25) is 0 Å². The molecule has 138 valence electrons. The van der Waals surface area contributed by atoms with Crippen molar-refractivity contribution in [1.82, 2.24) is 19.7 Å². The molecular formula is C22H24N4O. The summed E-state index contributed by atoms with van der Waals surface area (Å²) in [7, 11) is 0. The Bertz CT molecular complexity index is 902. The Morgan fingerprint density at radius 3 is 2.67 bits per heavy atom. The van der Waals surface area contributed by atoms with Gasteiger partial charge in [-0.3, -0.25) is 14.5 Å². The lowest BCUT2D eigenvalue weighted by Gasteiger charge is -2.35. The maximum Gasteiger partial charge on any atom is 0.254 e. The number of benzene rings is 1. The van der Waals surface area contributed by atoms with Crippen molar-refractivity contribution in [3.8, 4) is 11.1 Å². The van der Waals surface area contributed by atoms with E-state index in [1.165, 1.54) is 0 Å². The van der Waals surface area contributed by atoms with Crippen LogP contribution in [-0.2, 0) is 6.54 Å². The fourth-order valence-corrected chi connectivity index (χ4v) is 3.71. The number of aryl methyl sites for hydroxylation is 1. The molecule has 0 spiro atoms. The molecule has 1 aromatic carbocycles. The maximum absolute atomic E-state index is 13.2. The molecule has 3 heterocycles. The second kappa shape index (κ2) is 7.74. The number of carbonyl (C=O) groups excluding carboxylic acids is 1. The predicted octanol–water partition coefficient (Wildman–Crippen LogP) is 4.33. The summed E-state index contributed by atoms with van der Waals surface area (Å²) in [5.74, 6) is 0.0844. The molecule has 0 radical (unpaired) electrons. The Hall–Kier alpha value is -2.95. The molecule has 0 bridgehead atoms. The van der Waals surface area contributed by atoms with Gasteiger partial charge in [-0.05, 0) is 56.0 Å². The summed E-state index contributed by atoms with van der Waals surface area (Å²) in [5, 5.41) is 4.32. The molecule has 27 heavy (non-hydrogen) atoms. The van der Waals surface area contributed by atoms with Gasteiger partial charge in [0.15, 0.2) is 0 Å². The minimum Gasteiger partial charge on any atom is -0.330 e. The van der Waals surface area contributed by atoms with Crippen LogP contribution in [0.5, 0.6) is 0 Å². The minimum absolute atomic E-state index is 0.0647. The van der Waals surface area contributed by atoms with E-state index in [4.69, 9.17) is 0 Å². The lowest BCUT2D eigenvalue weighted by atomic mass is 9.97.